The summed E-state index contributed by atoms with van der Waals surface area (Å²) in [4.78, 5) is 24.9. The molecule has 1 aromatic carbocycles. The number of ether oxygens (including phenoxy) is 1. The maximum Gasteiger partial charge on any atom is 0.345 e. The van der Waals surface area contributed by atoms with Gasteiger partial charge in [0.1, 0.15) is 17.0 Å². The lowest BCUT2D eigenvalue weighted by atomic mass is 9.89. The van der Waals surface area contributed by atoms with E-state index in [1.807, 2.05) is 13.0 Å². The van der Waals surface area contributed by atoms with Crippen molar-refractivity contribution in [1.82, 2.24) is 4.57 Å². The molecule has 0 bridgehead atoms. The van der Waals surface area contributed by atoms with Crippen molar-refractivity contribution in [2.75, 3.05) is 0 Å². The zero-order valence-corrected chi connectivity index (χ0v) is 14.1. The van der Waals surface area contributed by atoms with Crippen LogP contribution in [0, 0.1) is 5.82 Å². The first-order valence-electron chi connectivity index (χ1n) is 8.71. The maximum atomic E-state index is 13.0. The topological polar surface area (TPSA) is 48.3 Å². The van der Waals surface area contributed by atoms with Crippen LogP contribution >= 0.6 is 0 Å². The van der Waals surface area contributed by atoms with Gasteiger partial charge in [0.05, 0.1) is 0 Å². The number of hydrogen-bond acceptors (Lipinski definition) is 3. The summed E-state index contributed by atoms with van der Waals surface area (Å²) in [6.45, 7) is 1.86. The van der Waals surface area contributed by atoms with Crippen LogP contribution < -0.4 is 5.56 Å². The summed E-state index contributed by atoms with van der Waals surface area (Å²) in [5, 5.41) is 0. The molecule has 0 saturated heterocycles. The number of esters is 1. The molecule has 1 saturated carbocycles. The smallest absolute Gasteiger partial charge is 0.345 e. The Morgan fingerprint density at radius 1 is 1.20 bits per heavy atom. The van der Waals surface area contributed by atoms with E-state index in [1.54, 1.807) is 22.9 Å². The van der Waals surface area contributed by atoms with E-state index in [0.717, 1.165) is 31.2 Å². The highest BCUT2D eigenvalue weighted by atomic mass is 19.1. The van der Waals surface area contributed by atoms with Gasteiger partial charge < -0.3 is 9.30 Å². The number of carbonyl (C=O) groups is 1. The van der Waals surface area contributed by atoms with Gasteiger partial charge in [-0.3, -0.25) is 4.79 Å². The minimum absolute atomic E-state index is 0.193. The molecule has 1 unspecified atom stereocenters. The van der Waals surface area contributed by atoms with Crippen molar-refractivity contribution < 1.29 is 13.9 Å². The number of fused-ring (bicyclic) bond motifs is 1. The Hall–Kier alpha value is -2.43. The Kier molecular flexibility index (Phi) is 3.74. The predicted molar refractivity (Wildman–Crippen MR) is 91.1 cm³/mol. The average molecular weight is 341 g/mol. The quantitative estimate of drug-likeness (QED) is 0.779. The standard InChI is InChI=1S/C20H20FNO3/c1-20(11-2-3-13-4-6-14(21)7-5-13)16-10-12-22(15-8-9-15)18(23)17(16)19(24)25-20/h4-7,10,12,15H,2-3,8-9,11H2,1H3. The zero-order valence-electron chi connectivity index (χ0n) is 14.1. The molecular weight excluding hydrogens is 321 g/mol. The molecule has 4 nitrogen and oxygen atoms in total. The van der Waals surface area contributed by atoms with Crippen LogP contribution in [-0.2, 0) is 16.8 Å². The highest BCUT2D eigenvalue weighted by Crippen LogP contribution is 2.40. The number of halogens is 1. The van der Waals surface area contributed by atoms with E-state index >= 15 is 0 Å². The first-order chi connectivity index (χ1) is 12.0. The van der Waals surface area contributed by atoms with Gasteiger partial charge in [0.15, 0.2) is 0 Å². The second kappa shape index (κ2) is 5.83. The van der Waals surface area contributed by atoms with Crippen molar-refractivity contribution >= 4 is 5.97 Å². The summed E-state index contributed by atoms with van der Waals surface area (Å²) in [7, 11) is 0. The van der Waals surface area contributed by atoms with E-state index in [4.69, 9.17) is 4.74 Å². The molecule has 4 rings (SSSR count). The lowest BCUT2D eigenvalue weighted by Crippen LogP contribution is -2.25. The Bertz CT molecular complexity index is 883. The molecule has 2 aromatic rings. The first-order valence-corrected chi connectivity index (χ1v) is 8.71. The Morgan fingerprint density at radius 2 is 1.92 bits per heavy atom. The van der Waals surface area contributed by atoms with Gasteiger partial charge in [0, 0.05) is 17.8 Å². The van der Waals surface area contributed by atoms with E-state index in [0.29, 0.717) is 12.0 Å². The lowest BCUT2D eigenvalue weighted by molar-refractivity contribution is -0.00389. The van der Waals surface area contributed by atoms with Gasteiger partial charge in [-0.15, -0.1) is 0 Å². The number of pyridine rings is 1. The van der Waals surface area contributed by atoms with Crippen LogP contribution in [-0.4, -0.2) is 10.5 Å². The molecule has 0 amide bonds. The van der Waals surface area contributed by atoms with Crippen molar-refractivity contribution in [3.05, 3.63) is 69.4 Å². The summed E-state index contributed by atoms with van der Waals surface area (Å²) in [6.07, 6.45) is 5.93. The number of benzene rings is 1. The van der Waals surface area contributed by atoms with Crippen molar-refractivity contribution in [2.45, 2.75) is 50.7 Å². The minimum atomic E-state index is -0.770. The number of hydrogen-bond donors (Lipinski definition) is 0. The van der Waals surface area contributed by atoms with Crippen LogP contribution in [0.5, 0.6) is 0 Å². The zero-order chi connectivity index (χ0) is 17.6. The first kappa shape index (κ1) is 16.1. The van der Waals surface area contributed by atoms with Gasteiger partial charge in [-0.2, -0.15) is 0 Å². The third kappa shape index (κ3) is 2.88. The number of cyclic esters (lactones) is 1. The predicted octanol–water partition coefficient (Wildman–Crippen LogP) is 3.73. The van der Waals surface area contributed by atoms with Crippen LogP contribution in [0.3, 0.4) is 0 Å². The Labute approximate surface area is 145 Å². The van der Waals surface area contributed by atoms with E-state index in [1.165, 1.54) is 12.1 Å². The van der Waals surface area contributed by atoms with Gasteiger partial charge in [-0.05, 0) is 62.8 Å². The molecule has 130 valence electrons. The van der Waals surface area contributed by atoms with Gasteiger partial charge in [-0.25, -0.2) is 9.18 Å². The monoisotopic (exact) mass is 341 g/mol. The van der Waals surface area contributed by atoms with Crippen LogP contribution in [0.2, 0.25) is 0 Å². The van der Waals surface area contributed by atoms with Crippen molar-refractivity contribution in [1.29, 1.82) is 0 Å². The summed E-state index contributed by atoms with van der Waals surface area (Å²) >= 11 is 0. The second-order valence-corrected chi connectivity index (χ2v) is 7.15. The molecule has 1 aliphatic heterocycles. The normalized spacial score (nSPS) is 21.9. The third-order valence-electron chi connectivity index (χ3n) is 5.18. The number of aromatic nitrogens is 1. The van der Waals surface area contributed by atoms with Crippen molar-refractivity contribution in [3.63, 3.8) is 0 Å². The molecule has 25 heavy (non-hydrogen) atoms. The summed E-state index contributed by atoms with van der Waals surface area (Å²) in [5.74, 6) is -0.763. The minimum Gasteiger partial charge on any atom is -0.451 e. The van der Waals surface area contributed by atoms with Gasteiger partial charge in [0.2, 0.25) is 0 Å². The average Bonchev–Trinajstić information content (AvgIpc) is 3.37. The molecule has 0 spiro atoms. The highest BCUT2D eigenvalue weighted by Gasteiger charge is 2.44. The number of carbonyl (C=O) groups excluding carboxylic acids is 1. The summed E-state index contributed by atoms with van der Waals surface area (Å²) in [5.41, 5.74) is 0.928. The molecule has 2 aliphatic rings. The molecule has 1 fully saturated rings. The fraction of sp³-hybridized carbons (Fsp3) is 0.400. The Balaban J connectivity index is 1.53. The fourth-order valence-electron chi connectivity index (χ4n) is 3.61. The van der Waals surface area contributed by atoms with Crippen molar-refractivity contribution in [2.24, 2.45) is 0 Å². The molecule has 0 N–H and O–H groups in total. The van der Waals surface area contributed by atoms with E-state index in [9.17, 15) is 14.0 Å². The van der Waals surface area contributed by atoms with Crippen LogP contribution in [0.4, 0.5) is 4.39 Å². The van der Waals surface area contributed by atoms with Gasteiger partial charge in [-0.1, -0.05) is 12.1 Å². The number of aryl methyl sites for hydroxylation is 1. The summed E-state index contributed by atoms with van der Waals surface area (Å²) < 4.78 is 20.2. The number of rotatable bonds is 5. The largest absolute Gasteiger partial charge is 0.451 e. The number of nitrogens with zero attached hydrogens (tertiary/aromatic N) is 1. The van der Waals surface area contributed by atoms with E-state index < -0.39 is 11.6 Å². The molecular formula is C20H20FNO3. The van der Waals surface area contributed by atoms with Crippen LogP contribution in [0.1, 0.15) is 60.1 Å². The van der Waals surface area contributed by atoms with Gasteiger partial charge >= 0.3 is 5.97 Å². The second-order valence-electron chi connectivity index (χ2n) is 7.15. The maximum absolute atomic E-state index is 13.0. The highest BCUT2D eigenvalue weighted by molar-refractivity contribution is 5.94. The molecule has 0 radical (unpaired) electrons. The van der Waals surface area contributed by atoms with Crippen LogP contribution in [0.25, 0.3) is 0 Å². The van der Waals surface area contributed by atoms with Crippen LogP contribution in [0.15, 0.2) is 41.3 Å². The molecule has 5 heteroatoms. The lowest BCUT2D eigenvalue weighted by Gasteiger charge is -2.24. The van der Waals surface area contributed by atoms with Crippen molar-refractivity contribution in [3.8, 4) is 0 Å². The fourth-order valence-corrected chi connectivity index (χ4v) is 3.61. The molecule has 1 atom stereocenters. The third-order valence-corrected chi connectivity index (χ3v) is 5.18. The SMILES string of the molecule is CC1(CCCc2ccc(F)cc2)OC(=O)c2c1ccn(C1CC1)c2=O. The summed E-state index contributed by atoms with van der Waals surface area (Å²) in [6, 6.07) is 8.51. The Morgan fingerprint density at radius 3 is 2.60 bits per heavy atom. The molecule has 1 aromatic heterocycles. The van der Waals surface area contributed by atoms with E-state index in [2.05, 4.69) is 0 Å². The molecule has 1 aliphatic carbocycles. The molecule has 2 heterocycles. The van der Waals surface area contributed by atoms with E-state index in [-0.39, 0.29) is 23.0 Å². The van der Waals surface area contributed by atoms with Gasteiger partial charge in [0.25, 0.3) is 5.56 Å².